The molecule has 1 amide bonds. The van der Waals surface area contributed by atoms with Crippen molar-refractivity contribution < 1.29 is 9.18 Å². The number of hydrogen-bond acceptors (Lipinski definition) is 2. The molecule has 2 rings (SSSR count). The molecule has 6 heteroatoms. The number of allylic oxidation sites excluding steroid dienone is 3. The number of benzene rings is 1. The molecule has 0 saturated carbocycles. The Hall–Kier alpha value is -0.780. The van der Waals surface area contributed by atoms with E-state index in [9.17, 15) is 9.18 Å². The number of hydrogen-bond donors (Lipinski definition) is 1. The molecule has 1 N–H and O–H groups in total. The molecule has 1 aromatic carbocycles. The average molecular weight is 447 g/mol. The molecule has 2 nitrogen and oxygen atoms in total. The van der Waals surface area contributed by atoms with Crippen molar-refractivity contribution in [2.75, 3.05) is 0 Å². The van der Waals surface area contributed by atoms with Crippen molar-refractivity contribution in [1.82, 2.24) is 5.32 Å². The van der Waals surface area contributed by atoms with Gasteiger partial charge in [-0.3, -0.25) is 4.79 Å². The Morgan fingerprint density at radius 2 is 2.08 bits per heavy atom. The number of halogens is 3. The zero-order chi connectivity index (χ0) is 18.8. The van der Waals surface area contributed by atoms with Crippen LogP contribution in [0.25, 0.3) is 0 Å². The van der Waals surface area contributed by atoms with Gasteiger partial charge in [0.15, 0.2) is 0 Å². The normalized spacial score (nSPS) is 15.7. The zero-order valence-electron chi connectivity index (χ0n) is 14.8. The fourth-order valence-electron chi connectivity index (χ4n) is 2.67. The Morgan fingerprint density at radius 3 is 2.72 bits per heavy atom. The minimum atomic E-state index is -0.398. The van der Waals surface area contributed by atoms with E-state index >= 15 is 0 Å². The Bertz CT molecular complexity index is 753. The summed E-state index contributed by atoms with van der Waals surface area (Å²) < 4.78 is 14.0. The SMILES string of the molecule is CC1=C(C(C)(C)C)SC(C(=O)NCc2cc(F)c(Br)cc2Cl)=CCC1. The van der Waals surface area contributed by atoms with E-state index in [0.29, 0.717) is 20.0 Å². The zero-order valence-corrected chi connectivity index (χ0v) is 18.0. The largest absolute Gasteiger partial charge is 0.347 e. The molecule has 0 aromatic heterocycles. The number of thioether (sulfide) groups is 1. The van der Waals surface area contributed by atoms with E-state index in [1.54, 1.807) is 0 Å². The van der Waals surface area contributed by atoms with E-state index in [-0.39, 0.29) is 17.9 Å². The molecule has 0 fully saturated rings. The topological polar surface area (TPSA) is 29.1 Å². The maximum Gasteiger partial charge on any atom is 0.257 e. The van der Waals surface area contributed by atoms with Gasteiger partial charge >= 0.3 is 0 Å². The molecule has 0 unspecified atom stereocenters. The van der Waals surface area contributed by atoms with Crippen molar-refractivity contribution in [3.05, 3.63) is 54.5 Å². The molecule has 0 radical (unpaired) electrons. The molecule has 1 aromatic rings. The predicted molar refractivity (Wildman–Crippen MR) is 108 cm³/mol. The highest BCUT2D eigenvalue weighted by atomic mass is 79.9. The lowest BCUT2D eigenvalue weighted by atomic mass is 9.92. The molecular formula is C19H22BrClFNOS. The molecule has 0 spiro atoms. The first-order chi connectivity index (χ1) is 11.6. The number of carbonyl (C=O) groups excluding carboxylic acids is 1. The van der Waals surface area contributed by atoms with E-state index in [4.69, 9.17) is 11.6 Å². The van der Waals surface area contributed by atoms with Crippen molar-refractivity contribution in [1.29, 1.82) is 0 Å². The monoisotopic (exact) mass is 445 g/mol. The summed E-state index contributed by atoms with van der Waals surface area (Å²) >= 11 is 10.8. The van der Waals surface area contributed by atoms with Crippen LogP contribution in [0.1, 0.15) is 46.1 Å². The van der Waals surface area contributed by atoms with Crippen molar-refractivity contribution in [2.45, 2.75) is 47.1 Å². The number of carbonyl (C=O) groups is 1. The van der Waals surface area contributed by atoms with Crippen LogP contribution >= 0.6 is 39.3 Å². The molecule has 0 saturated heterocycles. The Balaban J connectivity index is 2.11. The summed E-state index contributed by atoms with van der Waals surface area (Å²) in [6.45, 7) is 8.79. The van der Waals surface area contributed by atoms with Gasteiger partial charge < -0.3 is 5.32 Å². The average Bonchev–Trinajstić information content (AvgIpc) is 2.71. The highest BCUT2D eigenvalue weighted by Crippen LogP contribution is 2.43. The van der Waals surface area contributed by atoms with Crippen LogP contribution in [0.15, 0.2) is 38.1 Å². The third-order valence-electron chi connectivity index (χ3n) is 3.88. The van der Waals surface area contributed by atoms with E-state index < -0.39 is 5.82 Å². The first kappa shape index (κ1) is 20.5. The van der Waals surface area contributed by atoms with Gasteiger partial charge in [-0.15, -0.1) is 0 Å². The lowest BCUT2D eigenvalue weighted by molar-refractivity contribution is -0.117. The van der Waals surface area contributed by atoms with Gasteiger partial charge in [0.05, 0.1) is 9.38 Å². The van der Waals surface area contributed by atoms with Crippen LogP contribution in [0.4, 0.5) is 4.39 Å². The van der Waals surface area contributed by atoms with Crippen molar-refractivity contribution in [3.63, 3.8) is 0 Å². The molecule has 0 bridgehead atoms. The molecule has 136 valence electrons. The fraction of sp³-hybridized carbons (Fsp3) is 0.421. The lowest BCUT2D eigenvalue weighted by Gasteiger charge is -2.24. The van der Waals surface area contributed by atoms with Crippen LogP contribution in [0, 0.1) is 11.2 Å². The summed E-state index contributed by atoms with van der Waals surface area (Å²) in [7, 11) is 0. The second-order valence-corrected chi connectivity index (χ2v) is 9.42. The van der Waals surface area contributed by atoms with Gasteiger partial charge in [0.1, 0.15) is 5.82 Å². The van der Waals surface area contributed by atoms with Gasteiger partial charge in [0.2, 0.25) is 0 Å². The van der Waals surface area contributed by atoms with Crippen LogP contribution in [0.3, 0.4) is 0 Å². The Labute approximate surface area is 166 Å². The first-order valence-electron chi connectivity index (χ1n) is 8.09. The summed E-state index contributed by atoms with van der Waals surface area (Å²) in [6.07, 6.45) is 3.78. The molecule has 1 aliphatic heterocycles. The van der Waals surface area contributed by atoms with Gasteiger partial charge in [-0.05, 0) is 63.7 Å². The molecule has 25 heavy (non-hydrogen) atoms. The maximum atomic E-state index is 13.7. The third kappa shape index (κ3) is 5.35. The molecule has 0 atom stereocenters. The molecule has 0 aliphatic carbocycles. The van der Waals surface area contributed by atoms with E-state index in [2.05, 4.69) is 48.9 Å². The summed E-state index contributed by atoms with van der Waals surface area (Å²) in [6, 6.07) is 2.84. The van der Waals surface area contributed by atoms with E-state index in [0.717, 1.165) is 12.8 Å². The van der Waals surface area contributed by atoms with E-state index in [1.165, 1.54) is 34.4 Å². The van der Waals surface area contributed by atoms with Crippen LogP contribution in [-0.2, 0) is 11.3 Å². The van der Waals surface area contributed by atoms with Crippen molar-refractivity contribution in [3.8, 4) is 0 Å². The van der Waals surface area contributed by atoms with Crippen molar-refractivity contribution in [2.24, 2.45) is 5.41 Å². The Kier molecular flexibility index (Phi) is 6.80. The van der Waals surface area contributed by atoms with Gasteiger partial charge in [0.25, 0.3) is 5.91 Å². The van der Waals surface area contributed by atoms with Crippen LogP contribution in [0.5, 0.6) is 0 Å². The molecular weight excluding hydrogens is 425 g/mol. The minimum Gasteiger partial charge on any atom is -0.347 e. The summed E-state index contributed by atoms with van der Waals surface area (Å²) in [5.74, 6) is -0.550. The lowest BCUT2D eigenvalue weighted by Crippen LogP contribution is -2.24. The molecule has 1 heterocycles. The van der Waals surface area contributed by atoms with Gasteiger partial charge in [-0.1, -0.05) is 55.8 Å². The quantitative estimate of drug-likeness (QED) is 0.531. The predicted octanol–water partition coefficient (Wildman–Crippen LogP) is 6.59. The van der Waals surface area contributed by atoms with Crippen molar-refractivity contribution >= 4 is 45.2 Å². The summed E-state index contributed by atoms with van der Waals surface area (Å²) in [4.78, 5) is 14.5. The second-order valence-electron chi connectivity index (χ2n) is 7.11. The van der Waals surface area contributed by atoms with Gasteiger partial charge in [0, 0.05) is 11.6 Å². The van der Waals surface area contributed by atoms with E-state index in [1.807, 2.05) is 6.08 Å². The number of rotatable bonds is 3. The van der Waals surface area contributed by atoms with Gasteiger partial charge in [-0.25, -0.2) is 4.39 Å². The van der Waals surface area contributed by atoms with Crippen LogP contribution in [-0.4, -0.2) is 5.91 Å². The second kappa shape index (κ2) is 8.28. The third-order valence-corrected chi connectivity index (χ3v) is 6.58. The summed E-state index contributed by atoms with van der Waals surface area (Å²) in [5.41, 5.74) is 1.88. The van der Waals surface area contributed by atoms with Gasteiger partial charge in [-0.2, -0.15) is 0 Å². The smallest absolute Gasteiger partial charge is 0.257 e. The minimum absolute atomic E-state index is 0.00337. The molecule has 1 aliphatic rings. The Morgan fingerprint density at radius 1 is 1.40 bits per heavy atom. The number of amides is 1. The van der Waals surface area contributed by atoms with Crippen LogP contribution in [0.2, 0.25) is 5.02 Å². The fourth-order valence-corrected chi connectivity index (χ4v) is 4.54. The summed E-state index contributed by atoms with van der Waals surface area (Å²) in [5, 5.41) is 3.27. The standard InChI is InChI=1S/C19H22BrClFNOS/c1-11-6-5-7-16(25-17(11)19(2,3)4)18(24)23-10-12-8-15(22)13(20)9-14(12)21/h7-9H,5-6,10H2,1-4H3,(H,23,24). The maximum absolute atomic E-state index is 13.7. The number of nitrogens with one attached hydrogen (secondary N) is 1. The highest BCUT2D eigenvalue weighted by molar-refractivity contribution is 9.10. The van der Waals surface area contributed by atoms with Crippen LogP contribution < -0.4 is 5.32 Å². The highest BCUT2D eigenvalue weighted by Gasteiger charge is 2.25. The first-order valence-corrected chi connectivity index (χ1v) is 10.1.